The van der Waals surface area contributed by atoms with Crippen molar-refractivity contribution in [1.82, 2.24) is 4.98 Å². The minimum atomic E-state index is -0.247. The Morgan fingerprint density at radius 1 is 1.00 bits per heavy atom. The van der Waals surface area contributed by atoms with Crippen molar-refractivity contribution in [3.63, 3.8) is 0 Å². The van der Waals surface area contributed by atoms with Crippen LogP contribution in [0.2, 0.25) is 5.02 Å². The standard InChI is InChI=1S/C22H22ClN3O2/c1-13(2)10-21(27)25-17-5-7-18(8-6-17)26-22(28)19-12-15-11-16(23)4-9-20(15)24-14(19)3/h4-9,11-13H,10H2,1-3H3,(H,25,27)(H,26,28). The van der Waals surface area contributed by atoms with Crippen LogP contribution in [0.25, 0.3) is 10.9 Å². The number of nitrogens with one attached hydrogen (secondary N) is 2. The molecule has 0 fully saturated rings. The molecule has 1 aromatic heterocycles. The van der Waals surface area contributed by atoms with Crippen LogP contribution in [0.1, 0.15) is 36.3 Å². The first-order valence-corrected chi connectivity index (χ1v) is 9.48. The highest BCUT2D eigenvalue weighted by Crippen LogP contribution is 2.22. The van der Waals surface area contributed by atoms with Crippen LogP contribution in [0.4, 0.5) is 11.4 Å². The lowest BCUT2D eigenvalue weighted by atomic mass is 10.1. The van der Waals surface area contributed by atoms with Crippen LogP contribution < -0.4 is 10.6 Å². The molecular formula is C22H22ClN3O2. The average Bonchev–Trinajstić information content (AvgIpc) is 2.62. The highest BCUT2D eigenvalue weighted by atomic mass is 35.5. The van der Waals surface area contributed by atoms with Gasteiger partial charge in [0.25, 0.3) is 5.91 Å². The number of anilines is 2. The van der Waals surface area contributed by atoms with E-state index in [0.29, 0.717) is 40.0 Å². The maximum absolute atomic E-state index is 12.7. The van der Waals surface area contributed by atoms with Crippen molar-refractivity contribution in [1.29, 1.82) is 0 Å². The number of nitrogens with zero attached hydrogens (tertiary/aromatic N) is 1. The van der Waals surface area contributed by atoms with Gasteiger partial charge in [-0.2, -0.15) is 0 Å². The average molecular weight is 396 g/mol. The molecule has 2 aromatic carbocycles. The molecule has 0 atom stereocenters. The molecule has 0 radical (unpaired) electrons. The Kier molecular flexibility index (Phi) is 5.95. The second-order valence-corrected chi connectivity index (χ2v) is 7.57. The van der Waals surface area contributed by atoms with Crippen molar-refractivity contribution in [3.05, 3.63) is 64.8 Å². The summed E-state index contributed by atoms with van der Waals surface area (Å²) < 4.78 is 0. The molecule has 0 spiro atoms. The predicted molar refractivity (Wildman–Crippen MR) is 114 cm³/mol. The van der Waals surface area contributed by atoms with Crippen LogP contribution in [-0.2, 0) is 4.79 Å². The first-order chi connectivity index (χ1) is 13.3. The Morgan fingerprint density at radius 3 is 2.29 bits per heavy atom. The molecule has 0 unspecified atom stereocenters. The molecule has 6 heteroatoms. The summed E-state index contributed by atoms with van der Waals surface area (Å²) >= 11 is 6.04. The Morgan fingerprint density at radius 2 is 1.64 bits per heavy atom. The second kappa shape index (κ2) is 8.40. The van der Waals surface area contributed by atoms with E-state index in [4.69, 9.17) is 11.6 Å². The zero-order chi connectivity index (χ0) is 20.3. The minimum Gasteiger partial charge on any atom is -0.326 e. The number of rotatable bonds is 5. The van der Waals surface area contributed by atoms with Gasteiger partial charge < -0.3 is 10.6 Å². The number of aromatic nitrogens is 1. The zero-order valence-electron chi connectivity index (χ0n) is 16.0. The molecule has 0 saturated heterocycles. The highest BCUT2D eigenvalue weighted by molar-refractivity contribution is 6.31. The molecule has 144 valence electrons. The molecule has 2 amide bonds. The number of pyridine rings is 1. The first-order valence-electron chi connectivity index (χ1n) is 9.10. The summed E-state index contributed by atoms with van der Waals surface area (Å²) in [5.74, 6) is 0.0269. The number of amides is 2. The van der Waals surface area contributed by atoms with E-state index >= 15 is 0 Å². The van der Waals surface area contributed by atoms with Crippen molar-refractivity contribution < 1.29 is 9.59 Å². The molecule has 3 rings (SSSR count). The number of halogens is 1. The van der Waals surface area contributed by atoms with E-state index in [1.165, 1.54) is 0 Å². The molecule has 0 aliphatic heterocycles. The van der Waals surface area contributed by atoms with E-state index in [1.807, 2.05) is 19.9 Å². The van der Waals surface area contributed by atoms with Gasteiger partial charge >= 0.3 is 0 Å². The molecule has 5 nitrogen and oxygen atoms in total. The van der Waals surface area contributed by atoms with Crippen LogP contribution in [0.3, 0.4) is 0 Å². The number of carbonyl (C=O) groups is 2. The SMILES string of the molecule is Cc1nc2ccc(Cl)cc2cc1C(=O)Nc1ccc(NC(=O)CC(C)C)cc1. The van der Waals surface area contributed by atoms with Crippen LogP contribution in [0, 0.1) is 12.8 Å². The van der Waals surface area contributed by atoms with E-state index in [1.54, 1.807) is 49.4 Å². The van der Waals surface area contributed by atoms with Crippen LogP contribution in [0.5, 0.6) is 0 Å². The molecule has 0 saturated carbocycles. The number of carbonyl (C=O) groups excluding carboxylic acids is 2. The first kappa shape index (κ1) is 19.8. The Hall–Kier alpha value is -2.92. The summed E-state index contributed by atoms with van der Waals surface area (Å²) in [5, 5.41) is 7.12. The minimum absolute atomic E-state index is 0.0247. The highest BCUT2D eigenvalue weighted by Gasteiger charge is 2.13. The summed E-state index contributed by atoms with van der Waals surface area (Å²) in [7, 11) is 0. The lowest BCUT2D eigenvalue weighted by molar-refractivity contribution is -0.116. The fraction of sp³-hybridized carbons (Fsp3) is 0.227. The molecular weight excluding hydrogens is 374 g/mol. The van der Waals surface area contributed by atoms with Crippen LogP contribution in [-0.4, -0.2) is 16.8 Å². The van der Waals surface area contributed by atoms with Gasteiger partial charge in [0.15, 0.2) is 0 Å². The number of aryl methyl sites for hydroxylation is 1. The third-order valence-corrected chi connectivity index (χ3v) is 4.47. The van der Waals surface area contributed by atoms with Crippen LogP contribution in [0.15, 0.2) is 48.5 Å². The van der Waals surface area contributed by atoms with E-state index in [9.17, 15) is 9.59 Å². The predicted octanol–water partition coefficient (Wildman–Crippen LogP) is 5.43. The van der Waals surface area contributed by atoms with Gasteiger partial charge in [0, 0.05) is 28.2 Å². The van der Waals surface area contributed by atoms with E-state index in [2.05, 4.69) is 15.6 Å². The quantitative estimate of drug-likeness (QED) is 0.604. The Bertz CT molecular complexity index is 1030. The van der Waals surface area contributed by atoms with Crippen molar-refractivity contribution in [3.8, 4) is 0 Å². The van der Waals surface area contributed by atoms with Crippen LogP contribution >= 0.6 is 11.6 Å². The summed E-state index contributed by atoms with van der Waals surface area (Å²) in [6.07, 6.45) is 0.469. The van der Waals surface area contributed by atoms with E-state index in [0.717, 1.165) is 10.9 Å². The second-order valence-electron chi connectivity index (χ2n) is 7.14. The third-order valence-electron chi connectivity index (χ3n) is 4.23. The fourth-order valence-corrected chi connectivity index (χ4v) is 3.07. The number of benzene rings is 2. The zero-order valence-corrected chi connectivity index (χ0v) is 16.8. The van der Waals surface area contributed by atoms with E-state index in [-0.39, 0.29) is 11.8 Å². The molecule has 0 aliphatic carbocycles. The maximum atomic E-state index is 12.7. The topological polar surface area (TPSA) is 71.1 Å². The third kappa shape index (κ3) is 4.87. The van der Waals surface area contributed by atoms with Crippen molar-refractivity contribution >= 4 is 45.7 Å². The molecule has 1 heterocycles. The number of hydrogen-bond acceptors (Lipinski definition) is 3. The summed E-state index contributed by atoms with van der Waals surface area (Å²) in [6.45, 7) is 5.79. The molecule has 2 N–H and O–H groups in total. The summed E-state index contributed by atoms with van der Waals surface area (Å²) in [6, 6.07) is 14.2. The number of fused-ring (bicyclic) bond motifs is 1. The molecule has 0 aliphatic rings. The fourth-order valence-electron chi connectivity index (χ4n) is 2.89. The van der Waals surface area contributed by atoms with Gasteiger partial charge in [-0.25, -0.2) is 0 Å². The summed E-state index contributed by atoms with van der Waals surface area (Å²) in [5.41, 5.74) is 3.26. The van der Waals surface area contributed by atoms with Crippen molar-refractivity contribution in [2.24, 2.45) is 5.92 Å². The van der Waals surface area contributed by atoms with Gasteiger partial charge in [-0.15, -0.1) is 0 Å². The van der Waals surface area contributed by atoms with Gasteiger partial charge in [0.05, 0.1) is 16.8 Å². The van der Waals surface area contributed by atoms with E-state index < -0.39 is 0 Å². The van der Waals surface area contributed by atoms with Crippen molar-refractivity contribution in [2.45, 2.75) is 27.2 Å². The lowest BCUT2D eigenvalue weighted by Crippen LogP contribution is -2.15. The van der Waals surface area contributed by atoms with Gasteiger partial charge in [0.2, 0.25) is 5.91 Å². The monoisotopic (exact) mass is 395 g/mol. The molecule has 28 heavy (non-hydrogen) atoms. The normalized spacial score (nSPS) is 10.9. The largest absolute Gasteiger partial charge is 0.326 e. The Balaban J connectivity index is 1.73. The summed E-state index contributed by atoms with van der Waals surface area (Å²) in [4.78, 5) is 29.0. The smallest absolute Gasteiger partial charge is 0.257 e. The van der Waals surface area contributed by atoms with Gasteiger partial charge in [-0.1, -0.05) is 25.4 Å². The molecule has 0 bridgehead atoms. The number of hydrogen-bond donors (Lipinski definition) is 2. The van der Waals surface area contributed by atoms with Crippen molar-refractivity contribution in [2.75, 3.05) is 10.6 Å². The van der Waals surface area contributed by atoms with Gasteiger partial charge in [-0.05, 0) is 61.4 Å². The molecule has 3 aromatic rings. The maximum Gasteiger partial charge on any atom is 0.257 e. The Labute approximate surface area is 169 Å². The van der Waals surface area contributed by atoms with Gasteiger partial charge in [0.1, 0.15) is 0 Å². The lowest BCUT2D eigenvalue weighted by Gasteiger charge is -2.11. The van der Waals surface area contributed by atoms with Gasteiger partial charge in [-0.3, -0.25) is 14.6 Å².